The molecule has 0 aliphatic heterocycles. The van der Waals surface area contributed by atoms with Gasteiger partial charge in [-0.05, 0) is 50.5 Å². The fourth-order valence-electron chi connectivity index (χ4n) is 3.84. The summed E-state index contributed by atoms with van der Waals surface area (Å²) in [7, 11) is 0. The van der Waals surface area contributed by atoms with Gasteiger partial charge in [-0.15, -0.1) is 0 Å². The summed E-state index contributed by atoms with van der Waals surface area (Å²) < 4.78 is 11.9. The van der Waals surface area contributed by atoms with Crippen molar-refractivity contribution in [2.24, 2.45) is 5.73 Å². The van der Waals surface area contributed by atoms with Crippen LogP contribution in [0, 0.1) is 6.92 Å². The highest BCUT2D eigenvalue weighted by molar-refractivity contribution is 6.08. The highest BCUT2D eigenvalue weighted by Crippen LogP contribution is 2.35. The van der Waals surface area contributed by atoms with E-state index >= 15 is 0 Å². The standard InChI is InChI=1S/C22H23N3O5/c1-12-20(22(28)25-17(11-26)21(23)27)15-10-13(7-8-19(15)29-12)30-18-6-2-5-16-14(18)4-3-9-24-16/h3-4,7-10,17-18,26H,2,5-6,11H2,1H3,(H2,23,27)(H,25,28)/t17-,18?/m0/s1. The number of pyridine rings is 1. The topological polar surface area (TPSA) is 128 Å². The molecule has 0 fully saturated rings. The molecule has 156 valence electrons. The number of hydrogen-bond acceptors (Lipinski definition) is 6. The minimum atomic E-state index is -1.17. The van der Waals surface area contributed by atoms with E-state index in [1.54, 1.807) is 31.3 Å². The molecule has 3 aromatic rings. The number of aliphatic hydroxyl groups excluding tert-OH is 1. The van der Waals surface area contributed by atoms with Gasteiger partial charge < -0.3 is 25.3 Å². The number of hydrogen-bond donors (Lipinski definition) is 3. The van der Waals surface area contributed by atoms with Gasteiger partial charge in [0.05, 0.1) is 12.2 Å². The summed E-state index contributed by atoms with van der Waals surface area (Å²) in [6.07, 6.45) is 4.49. The summed E-state index contributed by atoms with van der Waals surface area (Å²) in [4.78, 5) is 28.5. The van der Waals surface area contributed by atoms with E-state index in [9.17, 15) is 14.7 Å². The maximum Gasteiger partial charge on any atom is 0.256 e. The lowest BCUT2D eigenvalue weighted by Gasteiger charge is -2.25. The molecule has 2 heterocycles. The van der Waals surface area contributed by atoms with Crippen LogP contribution in [0.25, 0.3) is 11.0 Å². The molecular weight excluding hydrogens is 386 g/mol. The molecule has 0 saturated carbocycles. The molecule has 0 spiro atoms. The SMILES string of the molecule is Cc1oc2ccc(OC3CCCc4ncccc43)cc2c1C(=O)N[C@@H](CO)C(N)=O. The Bertz CT molecular complexity index is 1110. The molecule has 30 heavy (non-hydrogen) atoms. The van der Waals surface area contributed by atoms with Crippen LogP contribution in [-0.4, -0.2) is 34.6 Å². The minimum absolute atomic E-state index is 0.112. The van der Waals surface area contributed by atoms with Crippen LogP contribution in [0.3, 0.4) is 0 Å². The number of carbonyl (C=O) groups is 2. The van der Waals surface area contributed by atoms with Crippen LogP contribution in [0.5, 0.6) is 5.75 Å². The van der Waals surface area contributed by atoms with Gasteiger partial charge in [0, 0.05) is 22.8 Å². The van der Waals surface area contributed by atoms with Gasteiger partial charge >= 0.3 is 0 Å². The van der Waals surface area contributed by atoms with E-state index in [1.807, 2.05) is 12.1 Å². The van der Waals surface area contributed by atoms with E-state index in [2.05, 4.69) is 10.3 Å². The third kappa shape index (κ3) is 3.73. The number of aromatic nitrogens is 1. The number of primary amides is 1. The van der Waals surface area contributed by atoms with E-state index in [4.69, 9.17) is 14.9 Å². The van der Waals surface area contributed by atoms with Gasteiger partial charge in [0.1, 0.15) is 29.2 Å². The second kappa shape index (κ2) is 8.16. The lowest BCUT2D eigenvalue weighted by Crippen LogP contribution is -2.46. The van der Waals surface area contributed by atoms with Crippen molar-refractivity contribution in [2.45, 2.75) is 38.3 Å². The Morgan fingerprint density at radius 2 is 2.23 bits per heavy atom. The van der Waals surface area contributed by atoms with Crippen molar-refractivity contribution in [3.8, 4) is 5.75 Å². The quantitative estimate of drug-likeness (QED) is 0.572. The van der Waals surface area contributed by atoms with Gasteiger partial charge in [-0.25, -0.2) is 0 Å². The summed E-state index contributed by atoms with van der Waals surface area (Å²) in [6, 6.07) is 8.07. The Morgan fingerprint density at radius 3 is 3.00 bits per heavy atom. The molecule has 8 nitrogen and oxygen atoms in total. The van der Waals surface area contributed by atoms with E-state index in [0.717, 1.165) is 30.5 Å². The Labute approximate surface area is 173 Å². The largest absolute Gasteiger partial charge is 0.486 e. The summed E-state index contributed by atoms with van der Waals surface area (Å²) in [5.41, 5.74) is 8.14. The maximum absolute atomic E-state index is 12.7. The van der Waals surface area contributed by atoms with Crippen LogP contribution in [0.4, 0.5) is 0 Å². The number of amides is 2. The monoisotopic (exact) mass is 409 g/mol. The summed E-state index contributed by atoms with van der Waals surface area (Å²) in [5, 5.41) is 12.3. The van der Waals surface area contributed by atoms with E-state index < -0.39 is 24.5 Å². The van der Waals surface area contributed by atoms with Crippen molar-refractivity contribution in [2.75, 3.05) is 6.61 Å². The third-order valence-electron chi connectivity index (χ3n) is 5.32. The molecule has 2 amide bonds. The molecule has 0 saturated heterocycles. The van der Waals surface area contributed by atoms with E-state index in [1.165, 1.54) is 0 Å². The highest BCUT2D eigenvalue weighted by Gasteiger charge is 2.25. The number of furan rings is 1. The number of ether oxygens (including phenoxy) is 1. The number of nitrogens with zero attached hydrogens (tertiary/aromatic N) is 1. The average molecular weight is 409 g/mol. The molecular formula is C22H23N3O5. The van der Waals surface area contributed by atoms with Crippen molar-refractivity contribution in [3.63, 3.8) is 0 Å². The number of aryl methyl sites for hydroxylation is 2. The number of carbonyl (C=O) groups excluding carboxylic acids is 2. The Hall–Kier alpha value is -3.39. The smallest absolute Gasteiger partial charge is 0.256 e. The number of fused-ring (bicyclic) bond motifs is 2. The number of nitrogens with one attached hydrogen (secondary N) is 1. The molecule has 2 atom stereocenters. The first-order valence-electron chi connectivity index (χ1n) is 9.82. The van der Waals surface area contributed by atoms with Crippen LogP contribution >= 0.6 is 0 Å². The molecule has 0 radical (unpaired) electrons. The van der Waals surface area contributed by atoms with Crippen LogP contribution < -0.4 is 15.8 Å². The van der Waals surface area contributed by atoms with Gasteiger partial charge in [0.2, 0.25) is 5.91 Å². The average Bonchev–Trinajstić information content (AvgIpc) is 3.07. The molecule has 1 aliphatic rings. The number of benzene rings is 1. The zero-order valence-electron chi connectivity index (χ0n) is 16.6. The first-order chi connectivity index (χ1) is 14.5. The summed E-state index contributed by atoms with van der Waals surface area (Å²) >= 11 is 0. The lowest BCUT2D eigenvalue weighted by atomic mass is 9.93. The summed E-state index contributed by atoms with van der Waals surface area (Å²) in [6.45, 7) is 1.08. The lowest BCUT2D eigenvalue weighted by molar-refractivity contribution is -0.120. The fourth-order valence-corrected chi connectivity index (χ4v) is 3.84. The van der Waals surface area contributed by atoms with Crippen molar-refractivity contribution in [3.05, 3.63) is 59.1 Å². The first kappa shape index (κ1) is 19.9. The second-order valence-electron chi connectivity index (χ2n) is 7.34. The first-order valence-corrected chi connectivity index (χ1v) is 9.82. The second-order valence-corrected chi connectivity index (χ2v) is 7.34. The zero-order chi connectivity index (χ0) is 21.3. The number of nitrogens with two attached hydrogens (primary N) is 1. The Kier molecular flexibility index (Phi) is 5.41. The summed E-state index contributed by atoms with van der Waals surface area (Å²) in [5.74, 6) is -0.362. The Morgan fingerprint density at radius 1 is 1.40 bits per heavy atom. The van der Waals surface area contributed by atoms with E-state index in [-0.39, 0.29) is 11.7 Å². The highest BCUT2D eigenvalue weighted by atomic mass is 16.5. The normalized spacial score (nSPS) is 16.7. The molecule has 1 unspecified atom stereocenters. The van der Waals surface area contributed by atoms with Gasteiger partial charge in [-0.1, -0.05) is 6.07 Å². The van der Waals surface area contributed by atoms with Crippen LogP contribution in [-0.2, 0) is 11.2 Å². The predicted octanol–water partition coefficient (Wildman–Crippen LogP) is 2.17. The van der Waals surface area contributed by atoms with E-state index in [0.29, 0.717) is 22.5 Å². The molecule has 1 aliphatic carbocycles. The van der Waals surface area contributed by atoms with Crippen LogP contribution in [0.2, 0.25) is 0 Å². The van der Waals surface area contributed by atoms with Gasteiger partial charge in [-0.3, -0.25) is 14.6 Å². The molecule has 1 aromatic carbocycles. The molecule has 0 bridgehead atoms. The van der Waals surface area contributed by atoms with Crippen molar-refractivity contribution >= 4 is 22.8 Å². The zero-order valence-corrected chi connectivity index (χ0v) is 16.6. The van der Waals surface area contributed by atoms with Crippen molar-refractivity contribution in [1.29, 1.82) is 0 Å². The number of aliphatic hydroxyl groups is 1. The Balaban J connectivity index is 1.64. The molecule has 4 N–H and O–H groups in total. The van der Waals surface area contributed by atoms with Gasteiger partial charge in [-0.2, -0.15) is 0 Å². The number of rotatable bonds is 6. The van der Waals surface area contributed by atoms with Crippen LogP contribution in [0.15, 0.2) is 40.9 Å². The van der Waals surface area contributed by atoms with Gasteiger partial charge in [0.15, 0.2) is 0 Å². The molecule has 8 heteroatoms. The minimum Gasteiger partial charge on any atom is -0.486 e. The predicted molar refractivity (Wildman–Crippen MR) is 109 cm³/mol. The van der Waals surface area contributed by atoms with Crippen molar-refractivity contribution < 1.29 is 23.8 Å². The third-order valence-corrected chi connectivity index (χ3v) is 5.32. The van der Waals surface area contributed by atoms with Gasteiger partial charge in [0.25, 0.3) is 5.91 Å². The molecule has 2 aromatic heterocycles. The molecule has 4 rings (SSSR count). The fraction of sp³-hybridized carbons (Fsp3) is 0.318. The van der Waals surface area contributed by atoms with Crippen LogP contribution in [0.1, 0.15) is 46.3 Å². The maximum atomic E-state index is 12.7. The van der Waals surface area contributed by atoms with Crippen molar-refractivity contribution in [1.82, 2.24) is 10.3 Å².